The second-order valence-corrected chi connectivity index (χ2v) is 7.95. The molecule has 3 fully saturated rings. The maximum Gasteiger partial charge on any atom is 0.245 e. The number of amides is 3. The van der Waals surface area contributed by atoms with E-state index in [2.05, 4.69) is 5.18 Å². The molecule has 3 heterocycles. The number of nitrogens with two attached hydrogens (primary N) is 1. The second kappa shape index (κ2) is 6.52. The molecule has 10 heteroatoms. The Bertz CT molecular complexity index is 685. The Morgan fingerprint density at radius 2 is 1.74 bits per heavy atom. The normalized spacial score (nSPS) is 33.8. The number of carbonyl (C=O) groups is 3. The van der Waals surface area contributed by atoms with Crippen LogP contribution in [0, 0.1) is 4.91 Å². The number of aliphatic hydroxyl groups is 1. The molecule has 0 bridgehead atoms. The molecule has 27 heavy (non-hydrogen) atoms. The maximum absolute atomic E-state index is 12.9. The fraction of sp³-hybridized carbons (Fsp3) is 0.824. The van der Waals surface area contributed by atoms with Crippen molar-refractivity contribution in [1.82, 2.24) is 14.7 Å². The lowest BCUT2D eigenvalue weighted by Crippen LogP contribution is -2.82. The zero-order valence-corrected chi connectivity index (χ0v) is 15.9. The number of primary amides is 1. The van der Waals surface area contributed by atoms with Crippen molar-refractivity contribution < 1.29 is 19.5 Å². The third kappa shape index (κ3) is 2.49. The average Bonchev–Trinajstić information content (AvgIpc) is 2.93. The van der Waals surface area contributed by atoms with Crippen LogP contribution in [0.15, 0.2) is 5.18 Å². The molecular weight excluding hydrogens is 354 g/mol. The van der Waals surface area contributed by atoms with Crippen molar-refractivity contribution >= 4 is 17.7 Å². The highest BCUT2D eigenvalue weighted by Crippen LogP contribution is 2.51. The zero-order valence-electron chi connectivity index (χ0n) is 15.9. The van der Waals surface area contributed by atoms with E-state index < -0.39 is 29.1 Å². The minimum absolute atomic E-state index is 0.0641. The first-order valence-corrected chi connectivity index (χ1v) is 9.29. The van der Waals surface area contributed by atoms with Crippen molar-refractivity contribution in [3.8, 4) is 0 Å². The molecule has 3 amide bonds. The molecule has 150 valence electrons. The second-order valence-electron chi connectivity index (χ2n) is 7.95. The molecule has 3 aliphatic heterocycles. The first-order valence-electron chi connectivity index (χ1n) is 9.29. The Labute approximate surface area is 157 Å². The number of nitroso groups, excluding NO2 is 1. The summed E-state index contributed by atoms with van der Waals surface area (Å²) >= 11 is 0. The molecule has 0 aromatic rings. The number of rotatable bonds is 7. The number of aliphatic hydroxyl groups excluding tert-OH is 1. The van der Waals surface area contributed by atoms with Crippen LogP contribution in [0.4, 0.5) is 0 Å². The van der Waals surface area contributed by atoms with Gasteiger partial charge in [0.1, 0.15) is 23.7 Å². The standard InChI is InChI=1S/C17H27N5O5/c1-4-11(7-19-27)21-8-16(14(21)25)5-6-17(20(16)3)9-22(15(17)26)12(10(2)23)13(18)24/h10-12,23H,4-9H2,1-3H3,(H2,18,24)/t10-,11+,12+,16?,17?/m1/s1. The highest BCUT2D eigenvalue weighted by Gasteiger charge is 2.71. The number of β-lactam (4-membered cyclic amide) rings is 2. The van der Waals surface area contributed by atoms with E-state index in [9.17, 15) is 24.4 Å². The van der Waals surface area contributed by atoms with E-state index in [4.69, 9.17) is 5.73 Å². The summed E-state index contributed by atoms with van der Waals surface area (Å²) in [5.41, 5.74) is 3.76. The summed E-state index contributed by atoms with van der Waals surface area (Å²) in [5.74, 6) is -1.10. The zero-order chi connectivity index (χ0) is 20.1. The largest absolute Gasteiger partial charge is 0.391 e. The summed E-state index contributed by atoms with van der Waals surface area (Å²) in [6.07, 6.45) is 0.627. The number of likely N-dealkylation sites (N-methyl/N-ethyl adjacent to an activating group) is 1. The van der Waals surface area contributed by atoms with Crippen molar-refractivity contribution in [1.29, 1.82) is 0 Å². The van der Waals surface area contributed by atoms with Gasteiger partial charge in [0, 0.05) is 13.1 Å². The van der Waals surface area contributed by atoms with Gasteiger partial charge in [-0.05, 0) is 33.2 Å². The lowest BCUT2D eigenvalue weighted by molar-refractivity contribution is -0.185. The van der Waals surface area contributed by atoms with Crippen molar-refractivity contribution in [3.63, 3.8) is 0 Å². The van der Waals surface area contributed by atoms with Crippen LogP contribution in [0.3, 0.4) is 0 Å². The third-order valence-electron chi connectivity index (χ3n) is 6.70. The van der Waals surface area contributed by atoms with Gasteiger partial charge in [0.15, 0.2) is 0 Å². The van der Waals surface area contributed by atoms with Crippen LogP contribution in [0.1, 0.15) is 33.1 Å². The van der Waals surface area contributed by atoms with Crippen molar-refractivity contribution in [3.05, 3.63) is 4.91 Å². The van der Waals surface area contributed by atoms with Gasteiger partial charge in [0.05, 0.1) is 12.1 Å². The average molecular weight is 381 g/mol. The molecule has 0 aromatic heterocycles. The van der Waals surface area contributed by atoms with Gasteiger partial charge in [0.2, 0.25) is 17.7 Å². The van der Waals surface area contributed by atoms with E-state index in [-0.39, 0.29) is 30.9 Å². The molecule has 0 radical (unpaired) electrons. The van der Waals surface area contributed by atoms with Crippen LogP contribution in [0.25, 0.3) is 0 Å². The molecule has 2 unspecified atom stereocenters. The minimum atomic E-state index is -1.06. The molecule has 3 rings (SSSR count). The number of carbonyl (C=O) groups excluding carboxylic acids is 3. The van der Waals surface area contributed by atoms with E-state index in [0.717, 1.165) is 0 Å². The molecule has 10 nitrogen and oxygen atoms in total. The van der Waals surface area contributed by atoms with E-state index in [0.29, 0.717) is 25.8 Å². The Morgan fingerprint density at radius 1 is 1.22 bits per heavy atom. The lowest BCUT2D eigenvalue weighted by atomic mass is 9.83. The van der Waals surface area contributed by atoms with Crippen LogP contribution < -0.4 is 5.73 Å². The predicted molar refractivity (Wildman–Crippen MR) is 95.3 cm³/mol. The van der Waals surface area contributed by atoms with E-state index in [1.165, 1.54) is 11.8 Å². The summed E-state index contributed by atoms with van der Waals surface area (Å²) in [5, 5.41) is 12.7. The van der Waals surface area contributed by atoms with E-state index >= 15 is 0 Å². The number of hydrogen-bond donors (Lipinski definition) is 2. The fourth-order valence-corrected chi connectivity index (χ4v) is 4.93. The Balaban J connectivity index is 1.74. The number of nitrogens with zero attached hydrogens (tertiary/aromatic N) is 4. The summed E-state index contributed by atoms with van der Waals surface area (Å²) in [6.45, 7) is 4.10. The van der Waals surface area contributed by atoms with Gasteiger partial charge in [-0.25, -0.2) is 0 Å². The van der Waals surface area contributed by atoms with Crippen LogP contribution in [-0.2, 0) is 14.4 Å². The topological polar surface area (TPSA) is 137 Å². The van der Waals surface area contributed by atoms with Gasteiger partial charge in [-0.1, -0.05) is 12.1 Å². The highest BCUT2D eigenvalue weighted by atomic mass is 16.3. The SMILES string of the molecule is CC[C@@H](CN=O)N1CC2(CCC3(CN([C@H](C(N)=O)[C@@H](C)O)C3=O)N2C)C1=O. The maximum atomic E-state index is 12.9. The number of hydrogen-bond acceptors (Lipinski definition) is 7. The first kappa shape index (κ1) is 19.7. The van der Waals surface area contributed by atoms with Crippen LogP contribution >= 0.6 is 0 Å². The summed E-state index contributed by atoms with van der Waals surface area (Å²) in [4.78, 5) is 52.9. The van der Waals surface area contributed by atoms with Gasteiger partial charge in [0.25, 0.3) is 0 Å². The molecule has 3 saturated heterocycles. The Kier molecular flexibility index (Phi) is 4.75. The molecule has 0 aromatic carbocycles. The van der Waals surface area contributed by atoms with Crippen LogP contribution in [0.2, 0.25) is 0 Å². The van der Waals surface area contributed by atoms with Gasteiger partial charge in [-0.3, -0.25) is 19.3 Å². The van der Waals surface area contributed by atoms with E-state index in [1.807, 2.05) is 11.8 Å². The third-order valence-corrected chi connectivity index (χ3v) is 6.70. The predicted octanol–water partition coefficient (Wildman–Crippen LogP) is -1.35. The van der Waals surface area contributed by atoms with E-state index in [1.54, 1.807) is 11.9 Å². The first-order chi connectivity index (χ1) is 12.7. The monoisotopic (exact) mass is 381 g/mol. The molecule has 0 aliphatic carbocycles. The van der Waals surface area contributed by atoms with Crippen molar-refractivity contribution in [2.75, 3.05) is 26.7 Å². The molecule has 3 N–H and O–H groups in total. The molecule has 0 saturated carbocycles. The summed E-state index contributed by atoms with van der Waals surface area (Å²) in [6, 6.07) is -1.28. The molecular formula is C17H27N5O5. The van der Waals surface area contributed by atoms with Gasteiger partial charge < -0.3 is 20.6 Å². The van der Waals surface area contributed by atoms with Crippen LogP contribution in [-0.4, -0.2) is 93.5 Å². The summed E-state index contributed by atoms with van der Waals surface area (Å²) in [7, 11) is 1.76. The van der Waals surface area contributed by atoms with Crippen molar-refractivity contribution in [2.24, 2.45) is 10.9 Å². The van der Waals surface area contributed by atoms with Gasteiger partial charge >= 0.3 is 0 Å². The fourth-order valence-electron chi connectivity index (χ4n) is 4.93. The minimum Gasteiger partial charge on any atom is -0.391 e. The van der Waals surface area contributed by atoms with Crippen molar-refractivity contribution in [2.45, 2.75) is 62.4 Å². The lowest BCUT2D eigenvalue weighted by Gasteiger charge is -2.59. The molecule has 5 atom stereocenters. The quantitative estimate of drug-likeness (QED) is 0.413. The summed E-state index contributed by atoms with van der Waals surface area (Å²) < 4.78 is 0. The molecule has 2 spiro atoms. The number of likely N-dealkylation sites (tertiary alicyclic amines) is 3. The van der Waals surface area contributed by atoms with Gasteiger partial charge in [-0.2, -0.15) is 4.91 Å². The smallest absolute Gasteiger partial charge is 0.245 e. The Morgan fingerprint density at radius 3 is 2.11 bits per heavy atom. The molecule has 3 aliphatic rings. The van der Waals surface area contributed by atoms with Crippen LogP contribution in [0.5, 0.6) is 0 Å². The Hall–Kier alpha value is -2.07. The highest BCUT2D eigenvalue weighted by molar-refractivity contribution is 6.01. The van der Waals surface area contributed by atoms with Gasteiger partial charge in [-0.15, -0.1) is 0 Å².